The van der Waals surface area contributed by atoms with Gasteiger partial charge in [0.25, 0.3) is 0 Å². The number of nitrogens with zero attached hydrogens (tertiary/aromatic N) is 1. The zero-order valence-corrected chi connectivity index (χ0v) is 16.9. The van der Waals surface area contributed by atoms with Gasteiger partial charge < -0.3 is 0 Å². The molecule has 2 atom stereocenters. The summed E-state index contributed by atoms with van der Waals surface area (Å²) < 4.78 is 28.7. The molecule has 0 bridgehead atoms. The maximum atomic E-state index is 13.1. The first-order chi connectivity index (χ1) is 12.6. The van der Waals surface area contributed by atoms with Crippen molar-refractivity contribution in [2.24, 2.45) is 0 Å². The molecular weight excluding hydrogens is 413 g/mol. The van der Waals surface area contributed by atoms with E-state index in [1.54, 1.807) is 24.3 Å². The van der Waals surface area contributed by atoms with Crippen LogP contribution in [0.4, 0.5) is 0 Å². The van der Waals surface area contributed by atoms with Gasteiger partial charge in [-0.3, -0.25) is 0 Å². The number of sulfonamides is 1. The number of carbonyl (C=O) groups excluding carboxylic acids is 1. The van der Waals surface area contributed by atoms with Crippen molar-refractivity contribution in [2.75, 3.05) is 0 Å². The van der Waals surface area contributed by atoms with E-state index in [-0.39, 0.29) is 36.6 Å². The van der Waals surface area contributed by atoms with E-state index >= 15 is 0 Å². The fourth-order valence-electron chi connectivity index (χ4n) is 3.86. The Bertz CT molecular complexity index is 914. The average Bonchev–Trinajstić information content (AvgIpc) is 2.79. The first-order valence-electron chi connectivity index (χ1n) is 8.98. The van der Waals surface area contributed by atoms with Crippen LogP contribution in [0.1, 0.15) is 42.5 Å². The van der Waals surface area contributed by atoms with Gasteiger partial charge in [0.15, 0.2) is 0 Å². The van der Waals surface area contributed by atoms with Gasteiger partial charge in [-0.05, 0) is 0 Å². The molecule has 2 aromatic carbocycles. The maximum absolute atomic E-state index is 13.1. The van der Waals surface area contributed by atoms with Crippen LogP contribution in [0.3, 0.4) is 0 Å². The summed E-state index contributed by atoms with van der Waals surface area (Å²) >= 11 is 0.140. The third kappa shape index (κ3) is 3.11. The Kier molecular flexibility index (Phi) is 4.91. The third-order valence-corrected chi connectivity index (χ3v) is 9.90. The van der Waals surface area contributed by atoms with Crippen molar-refractivity contribution in [1.82, 2.24) is 4.31 Å². The van der Waals surface area contributed by atoms with Gasteiger partial charge in [-0.2, -0.15) is 0 Å². The van der Waals surface area contributed by atoms with Crippen molar-refractivity contribution < 1.29 is 13.2 Å². The van der Waals surface area contributed by atoms with Crippen LogP contribution in [0, 0.1) is 0 Å². The molecule has 0 saturated heterocycles. The van der Waals surface area contributed by atoms with Gasteiger partial charge in [-0.1, -0.05) is 0 Å². The van der Waals surface area contributed by atoms with E-state index in [1.807, 2.05) is 18.2 Å². The fraction of sp³-hybridized carbons (Fsp3) is 0.350. The zero-order valence-electron chi connectivity index (χ0n) is 14.4. The number of hydrogen-bond acceptors (Lipinski definition) is 3. The van der Waals surface area contributed by atoms with Crippen LogP contribution >= 0.6 is 0 Å². The molecule has 1 saturated carbocycles. The molecule has 2 aliphatic rings. The van der Waals surface area contributed by atoms with Crippen molar-refractivity contribution in [3.05, 3.63) is 60.2 Å². The number of amides is 1. The van der Waals surface area contributed by atoms with Crippen LogP contribution < -0.4 is 4.46 Å². The van der Waals surface area contributed by atoms with Gasteiger partial charge in [-0.25, -0.2) is 0 Å². The molecule has 0 aromatic heterocycles. The van der Waals surface area contributed by atoms with E-state index in [0.29, 0.717) is 5.56 Å². The molecule has 2 unspecified atom stereocenters. The first kappa shape index (κ1) is 17.8. The Balaban J connectivity index is 1.71. The van der Waals surface area contributed by atoms with Gasteiger partial charge in [0.2, 0.25) is 0 Å². The monoisotopic (exact) mass is 435 g/mol. The van der Waals surface area contributed by atoms with Crippen molar-refractivity contribution >= 4 is 35.3 Å². The average molecular weight is 434 g/mol. The number of benzene rings is 2. The van der Waals surface area contributed by atoms with Crippen LogP contribution in [0.2, 0.25) is 4.82 Å². The summed E-state index contributed by atoms with van der Waals surface area (Å²) in [5, 5.41) is 0. The van der Waals surface area contributed by atoms with Gasteiger partial charge in [0.1, 0.15) is 0 Å². The molecule has 2 aromatic rings. The summed E-state index contributed by atoms with van der Waals surface area (Å²) in [6.45, 7) is 0. The van der Waals surface area contributed by atoms with Crippen LogP contribution in [-0.4, -0.2) is 39.6 Å². The summed E-state index contributed by atoms with van der Waals surface area (Å²) in [7, 11) is -3.74. The molecule has 6 heteroatoms. The summed E-state index contributed by atoms with van der Waals surface area (Å²) in [6, 6.07) is 16.6. The van der Waals surface area contributed by atoms with E-state index < -0.39 is 10.0 Å². The van der Waals surface area contributed by atoms with Crippen LogP contribution in [0.5, 0.6) is 0 Å². The van der Waals surface area contributed by atoms with Gasteiger partial charge >= 0.3 is 161 Å². The Morgan fingerprint density at radius 1 is 0.885 bits per heavy atom. The normalized spacial score (nSPS) is 24.9. The van der Waals surface area contributed by atoms with E-state index in [2.05, 4.69) is 12.1 Å². The summed E-state index contributed by atoms with van der Waals surface area (Å²) in [4.78, 5) is 13.4. The Hall–Kier alpha value is -1.62. The number of carbonyl (C=O) groups is 1. The van der Waals surface area contributed by atoms with Crippen molar-refractivity contribution in [1.29, 1.82) is 0 Å². The summed E-state index contributed by atoms with van der Waals surface area (Å²) in [6.07, 6.45) is 4.92. The molecule has 136 valence electrons. The first-order valence-corrected chi connectivity index (χ1v) is 12.3. The second-order valence-corrected chi connectivity index (χ2v) is 11.3. The van der Waals surface area contributed by atoms with Gasteiger partial charge in [0, 0.05) is 0 Å². The van der Waals surface area contributed by atoms with Crippen molar-refractivity contribution in [3.63, 3.8) is 0 Å². The van der Waals surface area contributed by atoms with Crippen molar-refractivity contribution in [3.8, 4) is 0 Å². The Labute approximate surface area is 160 Å². The zero-order chi connectivity index (χ0) is 18.1. The minimum atomic E-state index is -3.74. The second kappa shape index (κ2) is 7.18. The molecule has 1 heterocycles. The van der Waals surface area contributed by atoms with E-state index in [0.717, 1.165) is 32.1 Å². The predicted octanol–water partition coefficient (Wildman–Crippen LogP) is 2.98. The number of rotatable bonds is 3. The summed E-state index contributed by atoms with van der Waals surface area (Å²) in [5.74, 6) is -0.346. The molecule has 4 rings (SSSR count). The molecule has 26 heavy (non-hydrogen) atoms. The van der Waals surface area contributed by atoms with E-state index in [9.17, 15) is 13.2 Å². The SMILES string of the molecule is O=C1c2ccccc2S(=O)(=O)N1C1CCCCCC1[Se]c1ccccc1. The van der Waals surface area contributed by atoms with E-state index in [1.165, 1.54) is 8.77 Å². The second-order valence-electron chi connectivity index (χ2n) is 6.78. The standard InChI is InChI=1S/C20H21NO3SSe/c22-20-16-11-7-8-13-18(16)25(23,24)21(20)17-12-5-2-6-14-19(17)26-15-9-3-1-4-10-15/h1,3-4,7-11,13,17,19H,2,5-6,12,14H2. The molecule has 0 N–H and O–H groups in total. The molecule has 1 aliphatic heterocycles. The molecule has 0 radical (unpaired) electrons. The number of fused-ring (bicyclic) bond motifs is 1. The molecular formula is C20H21NO3SSe. The molecule has 1 fully saturated rings. The predicted molar refractivity (Wildman–Crippen MR) is 102 cm³/mol. The quantitative estimate of drug-likeness (QED) is 0.552. The molecule has 1 amide bonds. The van der Waals surface area contributed by atoms with Gasteiger partial charge in [0.05, 0.1) is 0 Å². The number of hydrogen-bond donors (Lipinski definition) is 0. The third-order valence-electron chi connectivity index (χ3n) is 5.10. The Morgan fingerprint density at radius 2 is 1.58 bits per heavy atom. The Morgan fingerprint density at radius 3 is 2.35 bits per heavy atom. The van der Waals surface area contributed by atoms with Crippen LogP contribution in [-0.2, 0) is 10.0 Å². The minimum absolute atomic E-state index is 0.140. The summed E-state index contributed by atoms with van der Waals surface area (Å²) in [5.41, 5.74) is 0.322. The van der Waals surface area contributed by atoms with Crippen LogP contribution in [0.25, 0.3) is 0 Å². The fourth-order valence-corrected chi connectivity index (χ4v) is 8.72. The van der Waals surface area contributed by atoms with Gasteiger partial charge in [-0.15, -0.1) is 0 Å². The molecule has 0 spiro atoms. The van der Waals surface area contributed by atoms with Crippen LogP contribution in [0.15, 0.2) is 59.5 Å². The van der Waals surface area contributed by atoms with Crippen molar-refractivity contribution in [2.45, 2.75) is 47.9 Å². The van der Waals surface area contributed by atoms with E-state index in [4.69, 9.17) is 0 Å². The topological polar surface area (TPSA) is 54.5 Å². The molecule has 4 nitrogen and oxygen atoms in total. The molecule has 1 aliphatic carbocycles.